The first-order valence-corrected chi connectivity index (χ1v) is 11.4. The summed E-state index contributed by atoms with van der Waals surface area (Å²) >= 11 is 1.17. The maximum absolute atomic E-state index is 13.2. The first kappa shape index (κ1) is 20.5. The topological polar surface area (TPSA) is 97.4 Å². The number of aromatic nitrogens is 1. The highest BCUT2D eigenvalue weighted by molar-refractivity contribution is 7.93. The second kappa shape index (κ2) is 8.50. The molecule has 30 heavy (non-hydrogen) atoms. The summed E-state index contributed by atoms with van der Waals surface area (Å²) in [5, 5.41) is 4.85. The highest BCUT2D eigenvalue weighted by Gasteiger charge is 2.31. The Balaban J connectivity index is 1.44. The average molecular weight is 448 g/mol. The van der Waals surface area contributed by atoms with Crippen molar-refractivity contribution in [2.45, 2.75) is 16.9 Å². The second-order valence-electron chi connectivity index (χ2n) is 6.74. The van der Waals surface area contributed by atoms with E-state index in [1.807, 2.05) is 0 Å². The van der Waals surface area contributed by atoms with Crippen molar-refractivity contribution in [3.8, 4) is 0 Å². The normalized spacial score (nSPS) is 18.8. The number of hydrogen-bond donors (Lipinski definition) is 2. The Kier molecular flexibility index (Phi) is 5.80. The third kappa shape index (κ3) is 4.50. The van der Waals surface area contributed by atoms with Crippen LogP contribution >= 0.6 is 11.3 Å². The maximum Gasteiger partial charge on any atom is 0.263 e. The van der Waals surface area contributed by atoms with Gasteiger partial charge in [-0.1, -0.05) is 12.1 Å². The predicted octanol–water partition coefficient (Wildman–Crippen LogP) is 3.00. The number of thiazole rings is 1. The van der Waals surface area contributed by atoms with Crippen molar-refractivity contribution in [1.29, 1.82) is 0 Å². The Morgan fingerprint density at radius 3 is 2.50 bits per heavy atom. The summed E-state index contributed by atoms with van der Waals surface area (Å²) < 4.78 is 45.9. The van der Waals surface area contributed by atoms with Crippen molar-refractivity contribution in [1.82, 2.24) is 10.3 Å². The fourth-order valence-electron chi connectivity index (χ4n) is 3.22. The van der Waals surface area contributed by atoms with E-state index < -0.39 is 10.0 Å². The van der Waals surface area contributed by atoms with Crippen LogP contribution in [0.5, 0.6) is 0 Å². The number of sulfonamides is 1. The summed E-state index contributed by atoms with van der Waals surface area (Å²) in [6, 6.07) is 11.5. The molecule has 0 aliphatic carbocycles. The smallest absolute Gasteiger partial charge is 0.263 e. The Bertz CT molecular complexity index is 1120. The first-order valence-electron chi connectivity index (χ1n) is 9.09. The summed E-state index contributed by atoms with van der Waals surface area (Å²) in [5.74, 6) is -0.746. The summed E-state index contributed by atoms with van der Waals surface area (Å²) in [6.45, 7) is 0.772. The van der Waals surface area contributed by atoms with E-state index >= 15 is 0 Å². The van der Waals surface area contributed by atoms with Gasteiger partial charge in [0.25, 0.3) is 15.9 Å². The quantitative estimate of drug-likeness (QED) is 0.606. The minimum Gasteiger partial charge on any atom is -0.379 e. The third-order valence-corrected chi connectivity index (χ3v) is 6.95. The molecule has 3 aromatic rings. The zero-order valence-corrected chi connectivity index (χ0v) is 17.3. The van der Waals surface area contributed by atoms with Gasteiger partial charge in [-0.2, -0.15) is 0 Å². The Morgan fingerprint density at radius 1 is 1.10 bits per heavy atom. The van der Waals surface area contributed by atoms with Gasteiger partial charge in [0.05, 0.1) is 24.2 Å². The van der Waals surface area contributed by atoms with Crippen molar-refractivity contribution in [2.75, 3.05) is 17.9 Å². The molecule has 0 bridgehead atoms. The van der Waals surface area contributed by atoms with Crippen molar-refractivity contribution in [3.63, 3.8) is 0 Å². The van der Waals surface area contributed by atoms with Gasteiger partial charge < -0.3 is 10.1 Å². The van der Waals surface area contributed by atoms with Gasteiger partial charge in [0.2, 0.25) is 0 Å². The summed E-state index contributed by atoms with van der Waals surface area (Å²) in [6.07, 6.45) is 1.50. The molecule has 0 unspecified atom stereocenters. The van der Waals surface area contributed by atoms with Gasteiger partial charge in [0, 0.05) is 23.1 Å². The maximum atomic E-state index is 13.2. The number of nitrogens with one attached hydrogen (secondary N) is 2. The number of halogens is 1. The molecule has 10 heteroatoms. The number of nitrogens with zero attached hydrogens (tertiary/aromatic N) is 1. The lowest BCUT2D eigenvalue weighted by atomic mass is 9.94. The molecule has 7 nitrogen and oxygen atoms in total. The molecule has 1 amide bonds. The van der Waals surface area contributed by atoms with Gasteiger partial charge in [0.1, 0.15) is 5.82 Å². The number of amides is 1. The number of carbonyl (C=O) groups excluding carboxylic acids is 1. The first-order chi connectivity index (χ1) is 14.4. The van der Waals surface area contributed by atoms with E-state index in [0.29, 0.717) is 18.8 Å². The lowest BCUT2D eigenvalue weighted by Gasteiger charge is -2.19. The fraction of sp³-hybridized carbons (Fsp3) is 0.200. The van der Waals surface area contributed by atoms with Crippen LogP contribution < -0.4 is 10.0 Å². The Labute approximate surface area is 177 Å². The van der Waals surface area contributed by atoms with E-state index in [0.717, 1.165) is 5.56 Å². The fourth-order valence-corrected chi connectivity index (χ4v) is 5.01. The molecule has 156 valence electrons. The number of carbonyl (C=O) groups is 1. The molecule has 0 saturated carbocycles. The number of anilines is 1. The van der Waals surface area contributed by atoms with Gasteiger partial charge in [0.15, 0.2) is 5.13 Å². The molecule has 1 aromatic heterocycles. The van der Waals surface area contributed by atoms with E-state index in [1.165, 1.54) is 53.9 Å². The minimum absolute atomic E-state index is 0.0302. The van der Waals surface area contributed by atoms with E-state index in [-0.39, 0.29) is 33.7 Å². The summed E-state index contributed by atoms with van der Waals surface area (Å²) in [7, 11) is -3.78. The summed E-state index contributed by atoms with van der Waals surface area (Å²) in [5.41, 5.74) is 1.21. The molecule has 2 aromatic carbocycles. The molecular weight excluding hydrogens is 429 g/mol. The second-order valence-corrected chi connectivity index (χ2v) is 9.32. The number of benzene rings is 2. The van der Waals surface area contributed by atoms with Crippen LogP contribution in [0.4, 0.5) is 9.52 Å². The molecule has 2 N–H and O–H groups in total. The third-order valence-electron chi connectivity index (χ3n) is 4.78. The summed E-state index contributed by atoms with van der Waals surface area (Å²) in [4.78, 5) is 16.6. The SMILES string of the molecule is O=C(N[C@@H]1COC[C@H]1c1ccc(F)cc1)c1ccc(S(=O)(=O)Nc2nccs2)cc1. The van der Waals surface area contributed by atoms with Crippen LogP contribution in [0.2, 0.25) is 0 Å². The largest absolute Gasteiger partial charge is 0.379 e. The molecule has 4 rings (SSSR count). The van der Waals surface area contributed by atoms with Crippen LogP contribution in [0.1, 0.15) is 21.8 Å². The molecule has 2 atom stereocenters. The number of ether oxygens (including phenoxy) is 1. The van der Waals surface area contributed by atoms with E-state index in [4.69, 9.17) is 4.74 Å². The monoisotopic (exact) mass is 447 g/mol. The zero-order chi connectivity index (χ0) is 21.1. The molecule has 1 aliphatic rings. The van der Waals surface area contributed by atoms with Crippen LogP contribution in [0.3, 0.4) is 0 Å². The van der Waals surface area contributed by atoms with Gasteiger partial charge in [-0.15, -0.1) is 11.3 Å². The Hall–Kier alpha value is -2.82. The van der Waals surface area contributed by atoms with Gasteiger partial charge in [-0.3, -0.25) is 9.52 Å². The van der Waals surface area contributed by atoms with E-state index in [2.05, 4.69) is 15.0 Å². The molecule has 1 fully saturated rings. The van der Waals surface area contributed by atoms with Gasteiger partial charge >= 0.3 is 0 Å². The van der Waals surface area contributed by atoms with Crippen LogP contribution in [0.25, 0.3) is 0 Å². The molecule has 0 radical (unpaired) electrons. The lowest BCUT2D eigenvalue weighted by molar-refractivity contribution is 0.0928. The lowest BCUT2D eigenvalue weighted by Crippen LogP contribution is -2.39. The van der Waals surface area contributed by atoms with Crippen LogP contribution in [-0.2, 0) is 14.8 Å². The molecule has 2 heterocycles. The highest BCUT2D eigenvalue weighted by Crippen LogP contribution is 2.26. The zero-order valence-electron chi connectivity index (χ0n) is 15.6. The van der Waals surface area contributed by atoms with Crippen molar-refractivity contribution in [3.05, 3.63) is 77.1 Å². The molecule has 1 saturated heterocycles. The van der Waals surface area contributed by atoms with Crippen LogP contribution in [0.15, 0.2) is 65.0 Å². The van der Waals surface area contributed by atoms with E-state index in [1.54, 1.807) is 17.5 Å². The van der Waals surface area contributed by atoms with Crippen molar-refractivity contribution in [2.24, 2.45) is 0 Å². The molecular formula is C20H18FN3O4S2. The molecule has 0 spiro atoms. The standard InChI is InChI=1S/C20H18FN3O4S2/c21-15-5-1-13(2-6-15)17-11-28-12-18(17)23-19(25)14-3-7-16(8-4-14)30(26,27)24-20-22-9-10-29-20/h1-10,17-18H,11-12H2,(H,22,24)(H,23,25)/t17-,18+/m0/s1. The van der Waals surface area contributed by atoms with Crippen molar-refractivity contribution >= 4 is 32.4 Å². The predicted molar refractivity (Wildman–Crippen MR) is 111 cm³/mol. The van der Waals surface area contributed by atoms with E-state index in [9.17, 15) is 17.6 Å². The van der Waals surface area contributed by atoms with Crippen LogP contribution in [0, 0.1) is 5.82 Å². The number of hydrogen-bond acceptors (Lipinski definition) is 6. The Morgan fingerprint density at radius 2 is 1.83 bits per heavy atom. The number of rotatable bonds is 6. The van der Waals surface area contributed by atoms with Gasteiger partial charge in [-0.05, 0) is 42.0 Å². The molecule has 1 aliphatic heterocycles. The van der Waals surface area contributed by atoms with Crippen molar-refractivity contribution < 1.29 is 22.3 Å². The van der Waals surface area contributed by atoms with Gasteiger partial charge in [-0.25, -0.2) is 17.8 Å². The minimum atomic E-state index is -3.78. The van der Waals surface area contributed by atoms with Crippen LogP contribution in [-0.4, -0.2) is 38.6 Å². The highest BCUT2D eigenvalue weighted by atomic mass is 32.2. The average Bonchev–Trinajstić information content (AvgIpc) is 3.40.